The molecule has 3 N–H and O–H groups in total. The lowest BCUT2D eigenvalue weighted by molar-refractivity contribution is -0.120. The molecule has 142 valence electrons. The summed E-state index contributed by atoms with van der Waals surface area (Å²) in [6, 6.07) is 7.43. The molecule has 0 saturated heterocycles. The second-order valence-corrected chi connectivity index (χ2v) is 8.54. The van der Waals surface area contributed by atoms with E-state index in [0.717, 1.165) is 18.4 Å². The number of nitrogens with zero attached hydrogens (tertiary/aromatic N) is 1. The minimum absolute atomic E-state index is 0.0232. The van der Waals surface area contributed by atoms with Gasteiger partial charge in [0.1, 0.15) is 5.54 Å². The van der Waals surface area contributed by atoms with Crippen LogP contribution in [0.3, 0.4) is 0 Å². The van der Waals surface area contributed by atoms with Gasteiger partial charge in [-0.05, 0) is 56.7 Å². The van der Waals surface area contributed by atoms with Gasteiger partial charge in [-0.2, -0.15) is 5.26 Å². The molecule has 7 nitrogen and oxygen atoms in total. The second kappa shape index (κ2) is 8.41. The summed E-state index contributed by atoms with van der Waals surface area (Å²) in [5.74, 6) is -0.187. The van der Waals surface area contributed by atoms with Crippen LogP contribution in [-0.2, 0) is 14.8 Å². The first-order chi connectivity index (χ1) is 12.3. The highest BCUT2D eigenvalue weighted by molar-refractivity contribution is 7.92. The molecule has 1 aliphatic rings. The van der Waals surface area contributed by atoms with Gasteiger partial charge in [0.15, 0.2) is 0 Å². The molecule has 1 saturated carbocycles. The SMILES string of the molecule is CCCS(=O)(=O)Nc1cccc(NCC(=O)NC2(C#N)CCCC2)c1C. The molecule has 0 aromatic heterocycles. The molecule has 1 amide bonds. The van der Waals surface area contributed by atoms with E-state index in [1.165, 1.54) is 0 Å². The molecule has 2 rings (SSSR count). The van der Waals surface area contributed by atoms with Gasteiger partial charge < -0.3 is 10.6 Å². The summed E-state index contributed by atoms with van der Waals surface area (Å²) < 4.78 is 26.5. The molecular formula is C18H26N4O3S. The molecule has 0 spiro atoms. The van der Waals surface area contributed by atoms with Crippen LogP contribution in [0.4, 0.5) is 11.4 Å². The molecule has 0 aliphatic heterocycles. The van der Waals surface area contributed by atoms with Crippen LogP contribution in [0.2, 0.25) is 0 Å². The minimum Gasteiger partial charge on any atom is -0.376 e. The number of amides is 1. The van der Waals surface area contributed by atoms with E-state index < -0.39 is 15.6 Å². The maximum Gasteiger partial charge on any atom is 0.240 e. The van der Waals surface area contributed by atoms with Crippen LogP contribution in [0, 0.1) is 18.3 Å². The summed E-state index contributed by atoms with van der Waals surface area (Å²) in [5.41, 5.74) is 1.14. The van der Waals surface area contributed by atoms with Gasteiger partial charge in [-0.3, -0.25) is 9.52 Å². The predicted octanol–water partition coefficient (Wildman–Crippen LogP) is 2.51. The Morgan fingerprint density at radius 2 is 1.92 bits per heavy atom. The van der Waals surface area contributed by atoms with Crippen molar-refractivity contribution in [1.82, 2.24) is 5.32 Å². The number of hydrogen-bond acceptors (Lipinski definition) is 5. The summed E-state index contributed by atoms with van der Waals surface area (Å²) in [5, 5.41) is 15.2. The van der Waals surface area contributed by atoms with Crippen molar-refractivity contribution >= 4 is 27.3 Å². The van der Waals surface area contributed by atoms with E-state index >= 15 is 0 Å². The number of nitriles is 1. The zero-order valence-corrected chi connectivity index (χ0v) is 16.1. The molecule has 1 aromatic carbocycles. The smallest absolute Gasteiger partial charge is 0.240 e. The lowest BCUT2D eigenvalue weighted by Crippen LogP contribution is -2.47. The Morgan fingerprint density at radius 3 is 2.54 bits per heavy atom. The van der Waals surface area contributed by atoms with Gasteiger partial charge in [0.05, 0.1) is 24.1 Å². The molecule has 1 aromatic rings. The minimum atomic E-state index is -3.38. The van der Waals surface area contributed by atoms with Crippen molar-refractivity contribution in [2.24, 2.45) is 0 Å². The van der Waals surface area contributed by atoms with Gasteiger partial charge in [0.25, 0.3) is 0 Å². The van der Waals surface area contributed by atoms with E-state index in [-0.39, 0.29) is 18.2 Å². The molecule has 0 heterocycles. The van der Waals surface area contributed by atoms with Crippen molar-refractivity contribution in [3.8, 4) is 6.07 Å². The van der Waals surface area contributed by atoms with Crippen LogP contribution in [-0.4, -0.2) is 32.2 Å². The maximum atomic E-state index is 12.2. The Hall–Kier alpha value is -2.27. The molecule has 26 heavy (non-hydrogen) atoms. The average molecular weight is 378 g/mol. The highest BCUT2D eigenvalue weighted by Crippen LogP contribution is 2.29. The van der Waals surface area contributed by atoms with E-state index in [9.17, 15) is 18.5 Å². The fraction of sp³-hybridized carbons (Fsp3) is 0.556. The summed E-state index contributed by atoms with van der Waals surface area (Å²) >= 11 is 0. The summed E-state index contributed by atoms with van der Waals surface area (Å²) in [4.78, 5) is 12.2. The number of sulfonamides is 1. The zero-order valence-electron chi connectivity index (χ0n) is 15.3. The van der Waals surface area contributed by atoms with E-state index in [0.29, 0.717) is 30.6 Å². The zero-order chi connectivity index (χ0) is 19.2. The van der Waals surface area contributed by atoms with Crippen molar-refractivity contribution in [3.63, 3.8) is 0 Å². The average Bonchev–Trinajstić information content (AvgIpc) is 3.04. The van der Waals surface area contributed by atoms with Gasteiger partial charge in [0, 0.05) is 5.69 Å². The van der Waals surface area contributed by atoms with E-state index in [1.807, 2.05) is 0 Å². The van der Waals surface area contributed by atoms with Crippen LogP contribution in [0.25, 0.3) is 0 Å². The predicted molar refractivity (Wildman–Crippen MR) is 102 cm³/mol. The normalized spacial score (nSPS) is 15.9. The molecule has 1 fully saturated rings. The van der Waals surface area contributed by atoms with E-state index in [2.05, 4.69) is 21.4 Å². The van der Waals surface area contributed by atoms with E-state index in [1.54, 1.807) is 32.0 Å². The topological polar surface area (TPSA) is 111 Å². The van der Waals surface area contributed by atoms with Crippen molar-refractivity contribution in [2.45, 2.75) is 51.5 Å². The summed E-state index contributed by atoms with van der Waals surface area (Å²) in [6.45, 7) is 3.62. The molecule has 0 atom stereocenters. The first-order valence-electron chi connectivity index (χ1n) is 8.87. The van der Waals surface area contributed by atoms with Crippen molar-refractivity contribution in [1.29, 1.82) is 5.26 Å². The first-order valence-corrected chi connectivity index (χ1v) is 10.5. The third kappa shape index (κ3) is 5.11. The molecule has 0 radical (unpaired) electrons. The van der Waals surface area contributed by atoms with Gasteiger partial charge in [-0.15, -0.1) is 0 Å². The number of anilines is 2. The largest absolute Gasteiger partial charge is 0.376 e. The van der Waals surface area contributed by atoms with Crippen LogP contribution < -0.4 is 15.4 Å². The first kappa shape index (κ1) is 20.0. The molecular weight excluding hydrogens is 352 g/mol. The van der Waals surface area contributed by atoms with Gasteiger partial charge in [0.2, 0.25) is 15.9 Å². The number of benzene rings is 1. The van der Waals surface area contributed by atoms with Crippen molar-refractivity contribution < 1.29 is 13.2 Å². The molecule has 0 unspecified atom stereocenters. The maximum absolute atomic E-state index is 12.2. The number of carbonyl (C=O) groups is 1. The fourth-order valence-electron chi connectivity index (χ4n) is 3.15. The number of nitrogens with one attached hydrogen (secondary N) is 3. The Morgan fingerprint density at radius 1 is 1.27 bits per heavy atom. The molecule has 0 bridgehead atoms. The van der Waals surface area contributed by atoms with Crippen molar-refractivity contribution in [2.75, 3.05) is 22.3 Å². The Kier molecular flexibility index (Phi) is 6.48. The van der Waals surface area contributed by atoms with Crippen LogP contribution in [0.1, 0.15) is 44.6 Å². The highest BCUT2D eigenvalue weighted by atomic mass is 32.2. The van der Waals surface area contributed by atoms with Crippen molar-refractivity contribution in [3.05, 3.63) is 23.8 Å². The third-order valence-electron chi connectivity index (χ3n) is 4.56. The quantitative estimate of drug-likeness (QED) is 0.644. The third-order valence-corrected chi connectivity index (χ3v) is 6.04. The van der Waals surface area contributed by atoms with Gasteiger partial charge in [-0.1, -0.05) is 13.0 Å². The van der Waals surface area contributed by atoms with Crippen LogP contribution in [0.5, 0.6) is 0 Å². The lowest BCUT2D eigenvalue weighted by Gasteiger charge is -2.22. The Labute approximate surface area is 155 Å². The van der Waals surface area contributed by atoms with Gasteiger partial charge >= 0.3 is 0 Å². The number of rotatable bonds is 8. The number of hydrogen-bond donors (Lipinski definition) is 3. The molecule has 1 aliphatic carbocycles. The second-order valence-electron chi connectivity index (χ2n) is 6.70. The van der Waals surface area contributed by atoms with Crippen LogP contribution >= 0.6 is 0 Å². The summed E-state index contributed by atoms with van der Waals surface area (Å²) in [7, 11) is -3.38. The van der Waals surface area contributed by atoms with Crippen LogP contribution in [0.15, 0.2) is 18.2 Å². The Bertz CT molecular complexity index is 793. The monoisotopic (exact) mass is 378 g/mol. The summed E-state index contributed by atoms with van der Waals surface area (Å²) in [6.07, 6.45) is 3.79. The standard InChI is InChI=1S/C18H26N4O3S/c1-3-11-26(24,25)22-16-8-6-7-15(14(16)2)20-12-17(23)21-18(13-19)9-4-5-10-18/h6-8,20,22H,3-5,9-12H2,1-2H3,(H,21,23). The highest BCUT2D eigenvalue weighted by Gasteiger charge is 2.35. The Balaban J connectivity index is 2.01. The molecule has 8 heteroatoms. The fourth-order valence-corrected chi connectivity index (χ4v) is 4.35. The van der Waals surface area contributed by atoms with E-state index in [4.69, 9.17) is 0 Å². The lowest BCUT2D eigenvalue weighted by atomic mass is 10.00. The number of carbonyl (C=O) groups excluding carboxylic acids is 1. The van der Waals surface area contributed by atoms with Gasteiger partial charge in [-0.25, -0.2) is 8.42 Å².